The van der Waals surface area contributed by atoms with E-state index in [0.717, 1.165) is 12.8 Å². The number of rotatable bonds is 9. The Hall–Kier alpha value is -2.45. The zero-order chi connectivity index (χ0) is 21.7. The monoisotopic (exact) mass is 448 g/mol. The summed E-state index contributed by atoms with van der Waals surface area (Å²) < 4.78 is 0. The minimum absolute atomic E-state index is 0.0610. The number of nitrogens with one attached hydrogen (secondary N) is 2. The van der Waals surface area contributed by atoms with Gasteiger partial charge in [-0.2, -0.15) is 0 Å². The van der Waals surface area contributed by atoms with Gasteiger partial charge in [-0.25, -0.2) is 4.98 Å². The molecule has 9 heteroatoms. The predicted octanol–water partition coefficient (Wildman–Crippen LogP) is 3.35. The van der Waals surface area contributed by atoms with E-state index in [1.165, 1.54) is 16.2 Å². The van der Waals surface area contributed by atoms with Crippen molar-refractivity contribution >= 4 is 45.8 Å². The van der Waals surface area contributed by atoms with Crippen LogP contribution in [0.15, 0.2) is 29.6 Å². The van der Waals surface area contributed by atoms with Gasteiger partial charge in [-0.3, -0.25) is 14.4 Å². The van der Waals surface area contributed by atoms with Gasteiger partial charge in [0, 0.05) is 18.0 Å². The number of thiazole rings is 1. The molecule has 30 heavy (non-hydrogen) atoms. The zero-order valence-electron chi connectivity index (χ0n) is 17.0. The van der Waals surface area contributed by atoms with E-state index in [9.17, 15) is 14.4 Å². The molecule has 1 saturated carbocycles. The number of anilines is 1. The Kier molecular flexibility index (Phi) is 7.44. The number of carbonyl (C=O) groups excluding carboxylic acids is 3. The summed E-state index contributed by atoms with van der Waals surface area (Å²) in [6.45, 7) is 4.26. The number of hydrogen-bond donors (Lipinski definition) is 2. The highest BCUT2D eigenvalue weighted by Gasteiger charge is 2.24. The lowest BCUT2D eigenvalue weighted by molar-refractivity contribution is -0.120. The molecule has 0 saturated heterocycles. The largest absolute Gasteiger partial charge is 0.353 e. The van der Waals surface area contributed by atoms with E-state index in [2.05, 4.69) is 15.6 Å². The third kappa shape index (κ3) is 6.53. The van der Waals surface area contributed by atoms with E-state index >= 15 is 0 Å². The molecule has 1 aliphatic carbocycles. The molecule has 1 aromatic heterocycles. The molecule has 3 amide bonds. The van der Waals surface area contributed by atoms with Crippen LogP contribution in [-0.4, -0.2) is 46.7 Å². The fourth-order valence-corrected chi connectivity index (χ4v) is 3.86. The van der Waals surface area contributed by atoms with Gasteiger partial charge >= 0.3 is 0 Å². The SMILES string of the molecule is CC(C)CN(CC(=O)Nc1nc(CC(=O)NC2CC2)cs1)C(=O)c1ccccc1Cl. The van der Waals surface area contributed by atoms with Crippen molar-refractivity contribution in [1.82, 2.24) is 15.2 Å². The Morgan fingerprint density at radius 1 is 1.23 bits per heavy atom. The van der Waals surface area contributed by atoms with Crippen molar-refractivity contribution in [2.24, 2.45) is 5.92 Å². The van der Waals surface area contributed by atoms with Crippen molar-refractivity contribution < 1.29 is 14.4 Å². The van der Waals surface area contributed by atoms with E-state index < -0.39 is 0 Å². The molecule has 0 spiro atoms. The summed E-state index contributed by atoms with van der Waals surface area (Å²) >= 11 is 7.41. The third-order valence-electron chi connectivity index (χ3n) is 4.39. The number of nitrogens with zero attached hydrogens (tertiary/aromatic N) is 2. The topological polar surface area (TPSA) is 91.4 Å². The molecule has 2 aromatic rings. The molecular formula is C21H25ClN4O3S. The molecule has 0 atom stereocenters. The van der Waals surface area contributed by atoms with Crippen molar-refractivity contribution in [3.05, 3.63) is 45.9 Å². The summed E-state index contributed by atoms with van der Waals surface area (Å²) in [4.78, 5) is 43.2. The van der Waals surface area contributed by atoms with Crippen molar-refractivity contribution in [3.63, 3.8) is 0 Å². The lowest BCUT2D eigenvalue weighted by atomic mass is 10.1. The van der Waals surface area contributed by atoms with Gasteiger partial charge in [0.25, 0.3) is 5.91 Å². The number of hydrogen-bond acceptors (Lipinski definition) is 5. The Morgan fingerprint density at radius 3 is 2.63 bits per heavy atom. The molecule has 1 aromatic carbocycles. The van der Waals surface area contributed by atoms with Crippen molar-refractivity contribution in [2.75, 3.05) is 18.4 Å². The first-order valence-electron chi connectivity index (χ1n) is 9.89. The normalized spacial score (nSPS) is 13.2. The highest BCUT2D eigenvalue weighted by atomic mass is 35.5. The standard InChI is InChI=1S/C21H25ClN4O3S/c1-13(2)10-26(20(29)16-5-3-4-6-17(16)22)11-19(28)25-21-24-15(12-30-21)9-18(27)23-14-7-8-14/h3-6,12-14H,7-11H2,1-2H3,(H,23,27)(H,24,25,28). The van der Waals surface area contributed by atoms with Crippen LogP contribution in [0, 0.1) is 5.92 Å². The van der Waals surface area contributed by atoms with Crippen LogP contribution in [0.25, 0.3) is 0 Å². The van der Waals surface area contributed by atoms with Crippen LogP contribution in [0.5, 0.6) is 0 Å². The zero-order valence-corrected chi connectivity index (χ0v) is 18.6. The van der Waals surface area contributed by atoms with Crippen LogP contribution in [-0.2, 0) is 16.0 Å². The second-order valence-corrected chi connectivity index (χ2v) is 9.04. The number of halogens is 1. The fourth-order valence-electron chi connectivity index (χ4n) is 2.91. The van der Waals surface area contributed by atoms with Crippen molar-refractivity contribution in [2.45, 2.75) is 39.2 Å². The lowest BCUT2D eigenvalue weighted by Crippen LogP contribution is -2.40. The number of aromatic nitrogens is 1. The fraction of sp³-hybridized carbons (Fsp3) is 0.429. The van der Waals surface area contributed by atoms with Gasteiger partial charge in [-0.05, 0) is 30.9 Å². The summed E-state index contributed by atoms with van der Waals surface area (Å²) in [6, 6.07) is 7.10. The summed E-state index contributed by atoms with van der Waals surface area (Å²) in [7, 11) is 0. The average Bonchev–Trinajstić information content (AvgIpc) is 3.38. The molecule has 0 radical (unpaired) electrons. The molecule has 7 nitrogen and oxygen atoms in total. The van der Waals surface area contributed by atoms with Gasteiger partial charge in [-0.15, -0.1) is 11.3 Å². The summed E-state index contributed by atoms with van der Waals surface area (Å²) in [5, 5.41) is 8.15. The summed E-state index contributed by atoms with van der Waals surface area (Å²) in [6.07, 6.45) is 2.25. The van der Waals surface area contributed by atoms with Crippen LogP contribution in [0.2, 0.25) is 5.02 Å². The smallest absolute Gasteiger partial charge is 0.255 e. The van der Waals surface area contributed by atoms with Crippen LogP contribution >= 0.6 is 22.9 Å². The highest BCUT2D eigenvalue weighted by Crippen LogP contribution is 2.21. The second kappa shape index (κ2) is 10.0. The summed E-state index contributed by atoms with van der Waals surface area (Å²) in [5.41, 5.74) is 0.977. The first-order valence-corrected chi connectivity index (χ1v) is 11.1. The van der Waals surface area contributed by atoms with Crippen molar-refractivity contribution in [3.8, 4) is 0 Å². The maximum atomic E-state index is 12.9. The van der Waals surface area contributed by atoms with E-state index in [-0.39, 0.29) is 36.6 Å². The van der Waals surface area contributed by atoms with E-state index in [4.69, 9.17) is 11.6 Å². The van der Waals surface area contributed by atoms with Gasteiger partial charge in [0.15, 0.2) is 5.13 Å². The maximum Gasteiger partial charge on any atom is 0.255 e. The quantitative estimate of drug-likeness (QED) is 0.615. The molecule has 3 rings (SSSR count). The molecule has 0 unspecified atom stereocenters. The molecular weight excluding hydrogens is 424 g/mol. The van der Waals surface area contributed by atoms with Gasteiger partial charge in [0.1, 0.15) is 6.54 Å². The molecule has 1 heterocycles. The first kappa shape index (κ1) is 22.2. The highest BCUT2D eigenvalue weighted by molar-refractivity contribution is 7.13. The molecule has 0 aliphatic heterocycles. The van der Waals surface area contributed by atoms with E-state index in [1.807, 2.05) is 13.8 Å². The number of carbonyl (C=O) groups is 3. The third-order valence-corrected chi connectivity index (χ3v) is 5.53. The molecule has 2 N–H and O–H groups in total. The second-order valence-electron chi connectivity index (χ2n) is 7.77. The molecule has 1 aliphatic rings. The van der Waals surface area contributed by atoms with E-state index in [0.29, 0.717) is 34.0 Å². The van der Waals surface area contributed by atoms with Crippen LogP contribution in [0.3, 0.4) is 0 Å². The van der Waals surface area contributed by atoms with Gasteiger partial charge in [-0.1, -0.05) is 37.6 Å². The Labute approximate surface area is 184 Å². The molecule has 160 valence electrons. The Balaban J connectivity index is 1.59. The number of benzene rings is 1. The van der Waals surface area contributed by atoms with Crippen LogP contribution < -0.4 is 10.6 Å². The van der Waals surface area contributed by atoms with Gasteiger partial charge < -0.3 is 15.5 Å². The van der Waals surface area contributed by atoms with Gasteiger partial charge in [0.2, 0.25) is 11.8 Å². The van der Waals surface area contributed by atoms with Crippen molar-refractivity contribution in [1.29, 1.82) is 0 Å². The first-order chi connectivity index (χ1) is 14.3. The Bertz CT molecular complexity index is 926. The van der Waals surface area contributed by atoms with Gasteiger partial charge in [0.05, 0.1) is 22.7 Å². The minimum atomic E-state index is -0.348. The minimum Gasteiger partial charge on any atom is -0.353 e. The molecule has 0 bridgehead atoms. The molecule has 1 fully saturated rings. The predicted molar refractivity (Wildman–Crippen MR) is 118 cm³/mol. The number of amides is 3. The van der Waals surface area contributed by atoms with E-state index in [1.54, 1.807) is 29.6 Å². The lowest BCUT2D eigenvalue weighted by Gasteiger charge is -2.24. The van der Waals surface area contributed by atoms with Crippen LogP contribution in [0.4, 0.5) is 5.13 Å². The average molecular weight is 449 g/mol. The maximum absolute atomic E-state index is 12.9. The van der Waals surface area contributed by atoms with Crippen LogP contribution in [0.1, 0.15) is 42.7 Å². The summed E-state index contributed by atoms with van der Waals surface area (Å²) in [5.74, 6) is -0.518. The Morgan fingerprint density at radius 2 is 1.97 bits per heavy atom.